The summed E-state index contributed by atoms with van der Waals surface area (Å²) in [6, 6.07) is 13.4. The number of rotatable bonds is 6. The molecule has 1 saturated heterocycles. The van der Waals surface area contributed by atoms with Crippen LogP contribution in [0.1, 0.15) is 42.1 Å². The fourth-order valence-corrected chi connectivity index (χ4v) is 4.10. The number of piperidine rings is 1. The second-order valence-corrected chi connectivity index (χ2v) is 8.18. The van der Waals surface area contributed by atoms with Crippen LogP contribution in [0.5, 0.6) is 0 Å². The Kier molecular flexibility index (Phi) is 7.24. The third-order valence-corrected chi connectivity index (χ3v) is 5.63. The van der Waals surface area contributed by atoms with Gasteiger partial charge in [0.15, 0.2) is 0 Å². The Morgan fingerprint density at radius 1 is 1.23 bits per heavy atom. The zero-order chi connectivity index (χ0) is 22.4. The maximum Gasteiger partial charge on any atom is 0.292 e. The van der Waals surface area contributed by atoms with E-state index in [1.54, 1.807) is 0 Å². The van der Waals surface area contributed by atoms with Crippen LogP contribution in [0.4, 0.5) is 5.82 Å². The Hall–Kier alpha value is -3.40. The van der Waals surface area contributed by atoms with Crippen molar-refractivity contribution < 1.29 is 14.6 Å². The van der Waals surface area contributed by atoms with E-state index in [9.17, 15) is 14.9 Å². The zero-order valence-corrected chi connectivity index (χ0v) is 18.4. The van der Waals surface area contributed by atoms with E-state index in [4.69, 9.17) is 0 Å². The van der Waals surface area contributed by atoms with E-state index in [0.29, 0.717) is 12.0 Å². The van der Waals surface area contributed by atoms with Crippen LogP contribution in [0.15, 0.2) is 36.4 Å². The van der Waals surface area contributed by atoms with Crippen molar-refractivity contribution in [1.82, 2.24) is 10.6 Å². The fourth-order valence-electron chi connectivity index (χ4n) is 4.10. The first-order valence-corrected chi connectivity index (χ1v) is 10.7. The number of aromatic amines is 1. The molecule has 162 valence electrons. The van der Waals surface area contributed by atoms with Gasteiger partial charge in [0.1, 0.15) is 17.7 Å². The second-order valence-electron chi connectivity index (χ2n) is 8.18. The fraction of sp³-hybridized carbons (Fsp3) is 0.417. The molecule has 0 spiro atoms. The van der Waals surface area contributed by atoms with E-state index in [0.717, 1.165) is 48.6 Å². The maximum absolute atomic E-state index is 12.9. The van der Waals surface area contributed by atoms with Gasteiger partial charge in [-0.2, -0.15) is 5.26 Å². The molecule has 0 bridgehead atoms. The number of nitrogens with zero attached hydrogens (tertiary/aromatic N) is 2. The molecule has 1 fully saturated rings. The normalized spacial score (nSPS) is 15.1. The lowest BCUT2D eigenvalue weighted by Crippen LogP contribution is -2.53. The molecule has 1 aromatic heterocycles. The van der Waals surface area contributed by atoms with Gasteiger partial charge < -0.3 is 10.6 Å². The molecule has 2 amide bonds. The first kappa shape index (κ1) is 22.3. The van der Waals surface area contributed by atoms with Crippen molar-refractivity contribution in [2.24, 2.45) is 0 Å². The number of benzene rings is 1. The van der Waals surface area contributed by atoms with Crippen LogP contribution >= 0.6 is 0 Å². The van der Waals surface area contributed by atoms with Crippen LogP contribution in [0, 0.1) is 25.2 Å². The van der Waals surface area contributed by atoms with Gasteiger partial charge in [-0.05, 0) is 31.0 Å². The number of H-pyrrole nitrogens is 1. The largest absolute Gasteiger partial charge is 0.351 e. The highest BCUT2D eigenvalue weighted by molar-refractivity contribution is 5.87. The van der Waals surface area contributed by atoms with Crippen LogP contribution in [0.25, 0.3) is 0 Å². The number of nitrogens with one attached hydrogen (secondary N) is 3. The number of aromatic nitrogens is 1. The van der Waals surface area contributed by atoms with Crippen LogP contribution in [-0.4, -0.2) is 37.0 Å². The minimum atomic E-state index is -0.601. The summed E-state index contributed by atoms with van der Waals surface area (Å²) >= 11 is 0. The Labute approximate surface area is 183 Å². The molecule has 1 aromatic carbocycles. The molecule has 7 heteroatoms. The second kappa shape index (κ2) is 10.1. The average molecular weight is 421 g/mol. The topological polar surface area (TPSA) is 99.4 Å². The summed E-state index contributed by atoms with van der Waals surface area (Å²) < 4.78 is 0. The van der Waals surface area contributed by atoms with Gasteiger partial charge in [-0.15, -0.1) is 0 Å². The molecule has 3 rings (SSSR count). The van der Waals surface area contributed by atoms with Crippen molar-refractivity contribution in [2.45, 2.75) is 52.1 Å². The molecule has 1 atom stereocenters. The van der Waals surface area contributed by atoms with Crippen LogP contribution in [-0.2, 0) is 16.0 Å². The van der Waals surface area contributed by atoms with Gasteiger partial charge in [0.2, 0.25) is 11.8 Å². The molecular weight excluding hydrogens is 390 g/mol. The van der Waals surface area contributed by atoms with Gasteiger partial charge in [0.25, 0.3) is 5.82 Å². The predicted molar refractivity (Wildman–Crippen MR) is 118 cm³/mol. The molecular formula is C24H30N5O2+. The van der Waals surface area contributed by atoms with Gasteiger partial charge >= 0.3 is 0 Å². The lowest BCUT2D eigenvalue weighted by Gasteiger charge is -2.30. The van der Waals surface area contributed by atoms with Crippen molar-refractivity contribution in [3.63, 3.8) is 0 Å². The van der Waals surface area contributed by atoms with Crippen molar-refractivity contribution >= 4 is 17.6 Å². The van der Waals surface area contributed by atoms with Crippen molar-refractivity contribution in [1.29, 1.82) is 5.26 Å². The number of hydrogen-bond donors (Lipinski definition) is 2. The minimum absolute atomic E-state index is 0.0345. The van der Waals surface area contributed by atoms with Gasteiger partial charge in [0.05, 0.1) is 18.8 Å². The average Bonchev–Trinajstić information content (AvgIpc) is 2.74. The Balaban J connectivity index is 1.62. The van der Waals surface area contributed by atoms with Gasteiger partial charge in [-0.1, -0.05) is 30.3 Å². The highest BCUT2D eigenvalue weighted by atomic mass is 16.2. The molecule has 2 heterocycles. The van der Waals surface area contributed by atoms with Gasteiger partial charge in [-0.3, -0.25) is 14.5 Å². The van der Waals surface area contributed by atoms with E-state index in [-0.39, 0.29) is 17.9 Å². The quantitative estimate of drug-likeness (QED) is 0.745. The summed E-state index contributed by atoms with van der Waals surface area (Å²) in [7, 11) is 0. The van der Waals surface area contributed by atoms with E-state index in [1.807, 2.05) is 50.2 Å². The molecule has 0 radical (unpaired) electrons. The van der Waals surface area contributed by atoms with Crippen LogP contribution in [0.3, 0.4) is 0 Å². The molecule has 1 aliphatic heterocycles. The first-order valence-electron chi connectivity index (χ1n) is 10.7. The first-order chi connectivity index (χ1) is 14.9. The molecule has 2 aromatic rings. The van der Waals surface area contributed by atoms with Gasteiger partial charge in [-0.25, -0.2) is 4.98 Å². The summed E-state index contributed by atoms with van der Waals surface area (Å²) in [5, 5.41) is 15.4. The number of aryl methyl sites for hydroxylation is 2. The smallest absolute Gasteiger partial charge is 0.292 e. The van der Waals surface area contributed by atoms with Crippen LogP contribution in [0.2, 0.25) is 0 Å². The number of hydrogen-bond acceptors (Lipinski definition) is 4. The monoisotopic (exact) mass is 420 g/mol. The minimum Gasteiger partial charge on any atom is -0.351 e. The SMILES string of the molecule is CC(=O)N[C@@H](Cc1ccccc1)C(=O)NC1CCN(c2[nH+]c(C)cc(C)c2C#N)CC1. The lowest BCUT2D eigenvalue weighted by atomic mass is 10.0. The number of anilines is 1. The number of carbonyl (C=O) groups excluding carboxylic acids is 2. The van der Waals surface area contributed by atoms with E-state index >= 15 is 0 Å². The molecule has 31 heavy (non-hydrogen) atoms. The number of nitriles is 1. The summed E-state index contributed by atoms with van der Waals surface area (Å²) in [6.45, 7) is 6.84. The highest BCUT2D eigenvalue weighted by Gasteiger charge is 2.30. The number of pyridine rings is 1. The summed E-state index contributed by atoms with van der Waals surface area (Å²) in [5.74, 6) is 0.471. The van der Waals surface area contributed by atoms with E-state index in [2.05, 4.69) is 26.6 Å². The standard InChI is InChI=1S/C24H29N5O2/c1-16-13-17(2)26-23(21(16)15-25)29-11-9-20(10-12-29)28-24(31)22(27-18(3)30)14-19-7-5-4-6-8-19/h4-8,13,20,22H,9-12,14H2,1-3H3,(H,27,30)(H,28,31)/p+1/t22-/m0/s1. The highest BCUT2D eigenvalue weighted by Crippen LogP contribution is 2.22. The van der Waals surface area contributed by atoms with Crippen molar-refractivity contribution in [2.75, 3.05) is 18.0 Å². The Morgan fingerprint density at radius 3 is 2.52 bits per heavy atom. The number of carbonyl (C=O) groups is 2. The molecule has 7 nitrogen and oxygen atoms in total. The molecule has 0 saturated carbocycles. The Morgan fingerprint density at radius 2 is 1.90 bits per heavy atom. The predicted octanol–water partition coefficient (Wildman–Crippen LogP) is 1.82. The van der Waals surface area contributed by atoms with Gasteiger partial charge in [0, 0.05) is 32.2 Å². The van der Waals surface area contributed by atoms with Crippen LogP contribution < -0.4 is 20.5 Å². The third-order valence-electron chi connectivity index (χ3n) is 5.63. The lowest BCUT2D eigenvalue weighted by molar-refractivity contribution is -0.374. The molecule has 1 aliphatic rings. The Bertz CT molecular complexity index is 975. The summed E-state index contributed by atoms with van der Waals surface area (Å²) in [4.78, 5) is 30.0. The molecule has 0 aliphatic carbocycles. The van der Waals surface area contributed by atoms with E-state index in [1.165, 1.54) is 6.92 Å². The molecule has 0 unspecified atom stereocenters. The number of amides is 2. The molecule has 3 N–H and O–H groups in total. The summed E-state index contributed by atoms with van der Waals surface area (Å²) in [5.41, 5.74) is 3.64. The van der Waals surface area contributed by atoms with E-state index < -0.39 is 6.04 Å². The summed E-state index contributed by atoms with van der Waals surface area (Å²) in [6.07, 6.45) is 2.00. The maximum atomic E-state index is 12.9. The zero-order valence-electron chi connectivity index (χ0n) is 18.4. The van der Waals surface area contributed by atoms with Crippen molar-refractivity contribution in [3.8, 4) is 6.07 Å². The third kappa shape index (κ3) is 5.82. The van der Waals surface area contributed by atoms with Crippen molar-refractivity contribution in [3.05, 3.63) is 58.8 Å².